The number of halogens is 1. The van der Waals surface area contributed by atoms with Crippen LogP contribution in [0.5, 0.6) is 0 Å². The van der Waals surface area contributed by atoms with Crippen molar-refractivity contribution in [2.24, 2.45) is 0 Å². The van der Waals surface area contributed by atoms with Crippen LogP contribution in [0.2, 0.25) is 0 Å². The first-order chi connectivity index (χ1) is 10.1. The number of aromatic nitrogens is 1. The predicted octanol–water partition coefficient (Wildman–Crippen LogP) is 2.73. The molecule has 0 spiro atoms. The maximum absolute atomic E-state index is 12.2. The van der Waals surface area contributed by atoms with E-state index in [0.29, 0.717) is 12.1 Å². The quantitative estimate of drug-likeness (QED) is 0.742. The van der Waals surface area contributed by atoms with Crippen molar-refractivity contribution in [2.75, 3.05) is 0 Å². The number of hydrogen-bond donors (Lipinski definition) is 3. The maximum atomic E-state index is 12.2. The number of amides is 2. The minimum atomic E-state index is -0.392. The highest BCUT2D eigenvalue weighted by Crippen LogP contribution is 2.18. The highest BCUT2D eigenvalue weighted by atomic mass is 79.9. The zero-order chi connectivity index (χ0) is 15.2. The van der Waals surface area contributed by atoms with E-state index in [2.05, 4.69) is 31.8 Å². The first-order valence-electron chi connectivity index (χ1n) is 6.61. The number of aromatic amines is 1. The van der Waals surface area contributed by atoms with Crippen molar-refractivity contribution in [1.29, 1.82) is 0 Å². The van der Waals surface area contributed by atoms with Gasteiger partial charge >= 0.3 is 0 Å². The van der Waals surface area contributed by atoms with Gasteiger partial charge in [-0.1, -0.05) is 37.3 Å². The van der Waals surface area contributed by atoms with Crippen LogP contribution in [-0.4, -0.2) is 16.8 Å². The smallest absolute Gasteiger partial charge is 0.286 e. The second-order valence-corrected chi connectivity index (χ2v) is 5.46. The molecule has 0 bridgehead atoms. The van der Waals surface area contributed by atoms with Crippen LogP contribution < -0.4 is 10.9 Å². The molecular formula is C15H16BrN3O2. The number of nitrogens with one attached hydrogen (secondary N) is 3. The van der Waals surface area contributed by atoms with Crippen LogP contribution in [0.15, 0.2) is 47.1 Å². The predicted molar refractivity (Wildman–Crippen MR) is 83.6 cm³/mol. The highest BCUT2D eigenvalue weighted by Gasteiger charge is 2.19. The number of hydrogen-bond acceptors (Lipinski definition) is 2. The molecule has 1 heterocycles. The van der Waals surface area contributed by atoms with Gasteiger partial charge in [-0.15, -0.1) is 0 Å². The molecule has 110 valence electrons. The Kier molecular flexibility index (Phi) is 5.16. The summed E-state index contributed by atoms with van der Waals surface area (Å²) < 4.78 is 0.773. The van der Waals surface area contributed by atoms with Gasteiger partial charge < -0.3 is 4.98 Å². The van der Waals surface area contributed by atoms with E-state index in [1.165, 1.54) is 0 Å². The topological polar surface area (TPSA) is 74.0 Å². The second kappa shape index (κ2) is 7.08. The van der Waals surface area contributed by atoms with Gasteiger partial charge in [0.05, 0.1) is 5.92 Å². The van der Waals surface area contributed by atoms with E-state index in [1.807, 2.05) is 37.3 Å². The minimum Gasteiger partial charge on any atom is -0.356 e. The summed E-state index contributed by atoms with van der Waals surface area (Å²) >= 11 is 3.25. The van der Waals surface area contributed by atoms with Crippen LogP contribution in [0.4, 0.5) is 0 Å². The van der Waals surface area contributed by atoms with E-state index in [9.17, 15) is 9.59 Å². The fourth-order valence-electron chi connectivity index (χ4n) is 2.03. The maximum Gasteiger partial charge on any atom is 0.286 e. The first-order valence-corrected chi connectivity index (χ1v) is 7.40. The number of carbonyl (C=O) groups is 2. The van der Waals surface area contributed by atoms with Crippen LogP contribution in [0, 0.1) is 0 Å². The van der Waals surface area contributed by atoms with Crippen LogP contribution in [0.3, 0.4) is 0 Å². The summed E-state index contributed by atoms with van der Waals surface area (Å²) in [5.74, 6) is -0.915. The molecule has 1 aromatic heterocycles. The van der Waals surface area contributed by atoms with E-state index in [4.69, 9.17) is 0 Å². The molecule has 0 saturated heterocycles. The van der Waals surface area contributed by atoms with Crippen LogP contribution in [0.1, 0.15) is 35.3 Å². The lowest BCUT2D eigenvalue weighted by atomic mass is 9.96. The van der Waals surface area contributed by atoms with Gasteiger partial charge in [-0.25, -0.2) is 0 Å². The average molecular weight is 350 g/mol. The Morgan fingerprint density at radius 3 is 2.52 bits per heavy atom. The third kappa shape index (κ3) is 3.95. The Morgan fingerprint density at radius 1 is 1.24 bits per heavy atom. The molecular weight excluding hydrogens is 334 g/mol. The molecule has 0 saturated carbocycles. The molecule has 21 heavy (non-hydrogen) atoms. The van der Waals surface area contributed by atoms with Gasteiger partial charge in [-0.05, 0) is 34.0 Å². The zero-order valence-electron chi connectivity index (χ0n) is 11.5. The van der Waals surface area contributed by atoms with Gasteiger partial charge in [-0.3, -0.25) is 20.4 Å². The lowest BCUT2D eigenvalue weighted by Crippen LogP contribution is -2.44. The SMILES string of the molecule is CCC(C(=O)NNC(=O)c1cc(Br)c[nH]1)c1ccccc1. The normalized spacial score (nSPS) is 11.7. The van der Waals surface area contributed by atoms with Gasteiger partial charge in [0.2, 0.25) is 5.91 Å². The van der Waals surface area contributed by atoms with Crippen molar-refractivity contribution in [1.82, 2.24) is 15.8 Å². The van der Waals surface area contributed by atoms with Crippen LogP contribution in [0.25, 0.3) is 0 Å². The molecule has 1 atom stereocenters. The van der Waals surface area contributed by atoms with Crippen molar-refractivity contribution >= 4 is 27.7 Å². The van der Waals surface area contributed by atoms with E-state index in [0.717, 1.165) is 10.0 Å². The molecule has 0 radical (unpaired) electrons. The van der Waals surface area contributed by atoms with Crippen molar-refractivity contribution in [3.05, 3.63) is 58.3 Å². The summed E-state index contributed by atoms with van der Waals surface area (Å²) in [5, 5.41) is 0. The Balaban J connectivity index is 1.96. The monoisotopic (exact) mass is 349 g/mol. The van der Waals surface area contributed by atoms with Crippen LogP contribution >= 0.6 is 15.9 Å². The molecule has 5 nitrogen and oxygen atoms in total. The Morgan fingerprint density at radius 2 is 1.95 bits per heavy atom. The summed E-state index contributed by atoms with van der Waals surface area (Å²) in [6.45, 7) is 1.93. The summed E-state index contributed by atoms with van der Waals surface area (Å²) in [6.07, 6.45) is 2.30. The molecule has 0 aliphatic heterocycles. The second-order valence-electron chi connectivity index (χ2n) is 4.55. The van der Waals surface area contributed by atoms with E-state index >= 15 is 0 Å². The molecule has 0 aliphatic rings. The molecule has 0 aliphatic carbocycles. The van der Waals surface area contributed by atoms with Gasteiger partial charge in [0.15, 0.2) is 0 Å². The fourth-order valence-corrected chi connectivity index (χ4v) is 2.37. The molecule has 1 aromatic carbocycles. The molecule has 1 unspecified atom stereocenters. The van der Waals surface area contributed by atoms with Crippen LogP contribution in [-0.2, 0) is 4.79 Å². The number of H-pyrrole nitrogens is 1. The van der Waals surface area contributed by atoms with Crippen molar-refractivity contribution < 1.29 is 9.59 Å². The summed E-state index contributed by atoms with van der Waals surface area (Å²) in [6, 6.07) is 11.1. The van der Waals surface area contributed by atoms with Gasteiger partial charge in [-0.2, -0.15) is 0 Å². The van der Waals surface area contributed by atoms with E-state index in [1.54, 1.807) is 12.3 Å². The zero-order valence-corrected chi connectivity index (χ0v) is 13.1. The Hall–Kier alpha value is -2.08. The van der Waals surface area contributed by atoms with E-state index < -0.39 is 5.91 Å². The van der Waals surface area contributed by atoms with Crippen molar-refractivity contribution in [3.8, 4) is 0 Å². The lowest BCUT2D eigenvalue weighted by Gasteiger charge is -2.15. The standard InChI is InChI=1S/C15H16BrN3O2/c1-2-12(10-6-4-3-5-7-10)14(20)18-19-15(21)13-8-11(16)9-17-13/h3-9,12,17H,2H2,1H3,(H,18,20)(H,19,21). The summed E-state index contributed by atoms with van der Waals surface area (Å²) in [7, 11) is 0. The van der Waals surface area contributed by atoms with Gasteiger partial charge in [0.25, 0.3) is 5.91 Å². The molecule has 6 heteroatoms. The summed E-state index contributed by atoms with van der Waals surface area (Å²) in [5.41, 5.74) is 6.17. The molecule has 2 amide bonds. The Bertz CT molecular complexity index is 625. The molecule has 3 N–H and O–H groups in total. The largest absolute Gasteiger partial charge is 0.356 e. The fraction of sp³-hybridized carbons (Fsp3) is 0.200. The molecule has 0 fully saturated rings. The molecule has 2 rings (SSSR count). The number of benzene rings is 1. The number of carbonyl (C=O) groups excluding carboxylic acids is 2. The summed E-state index contributed by atoms with van der Waals surface area (Å²) in [4.78, 5) is 26.8. The van der Waals surface area contributed by atoms with Gasteiger partial charge in [0, 0.05) is 10.7 Å². The lowest BCUT2D eigenvalue weighted by molar-refractivity contribution is -0.123. The third-order valence-electron chi connectivity index (χ3n) is 3.12. The first kappa shape index (κ1) is 15.3. The average Bonchev–Trinajstić information content (AvgIpc) is 2.93. The highest BCUT2D eigenvalue weighted by molar-refractivity contribution is 9.10. The van der Waals surface area contributed by atoms with Gasteiger partial charge in [0.1, 0.15) is 5.69 Å². The molecule has 2 aromatic rings. The minimum absolute atomic E-state index is 0.234. The van der Waals surface area contributed by atoms with Crippen molar-refractivity contribution in [3.63, 3.8) is 0 Å². The van der Waals surface area contributed by atoms with Crippen molar-refractivity contribution in [2.45, 2.75) is 19.3 Å². The number of rotatable bonds is 4. The van der Waals surface area contributed by atoms with E-state index in [-0.39, 0.29) is 11.8 Å². The third-order valence-corrected chi connectivity index (χ3v) is 3.58. The number of hydrazine groups is 1. The Labute approximate surface area is 131 Å².